The van der Waals surface area contributed by atoms with Crippen LogP contribution in [0.4, 0.5) is 10.5 Å². The van der Waals surface area contributed by atoms with Crippen molar-refractivity contribution in [1.29, 1.82) is 0 Å². The Balaban J connectivity index is 1.45. The quantitative estimate of drug-likeness (QED) is 0.770. The summed E-state index contributed by atoms with van der Waals surface area (Å²) in [5, 5.41) is 10.1. The Hall–Kier alpha value is -3.22. The summed E-state index contributed by atoms with van der Waals surface area (Å²) in [7, 11) is 0. The van der Waals surface area contributed by atoms with E-state index in [9.17, 15) is 4.79 Å². The van der Waals surface area contributed by atoms with E-state index >= 15 is 0 Å². The second-order valence-corrected chi connectivity index (χ2v) is 5.96. The molecule has 3 heterocycles. The largest absolute Gasteiger partial charge is 0.333 e. The average Bonchev–Trinajstić information content (AvgIpc) is 3.10. The van der Waals surface area contributed by atoms with E-state index in [1.165, 1.54) is 0 Å². The lowest BCUT2D eigenvalue weighted by Gasteiger charge is -2.23. The second kappa shape index (κ2) is 6.72. The van der Waals surface area contributed by atoms with Crippen LogP contribution < -0.4 is 10.6 Å². The molecule has 0 aliphatic carbocycles. The highest BCUT2D eigenvalue weighted by atomic mass is 16.2. The van der Waals surface area contributed by atoms with Crippen LogP contribution in [-0.4, -0.2) is 31.8 Å². The van der Waals surface area contributed by atoms with Crippen molar-refractivity contribution in [1.82, 2.24) is 25.1 Å². The smallest absolute Gasteiger partial charge is 0.319 e. The molecule has 0 unspecified atom stereocenters. The molecule has 4 rings (SSSR count). The lowest BCUT2D eigenvalue weighted by atomic mass is 10.1. The maximum Gasteiger partial charge on any atom is 0.319 e. The summed E-state index contributed by atoms with van der Waals surface area (Å²) in [5.41, 5.74) is 2.40. The van der Waals surface area contributed by atoms with E-state index in [1.54, 1.807) is 12.5 Å². The number of pyridine rings is 1. The molecule has 0 saturated carbocycles. The number of amides is 2. The van der Waals surface area contributed by atoms with Crippen molar-refractivity contribution in [2.24, 2.45) is 0 Å². The van der Waals surface area contributed by atoms with E-state index in [0.717, 1.165) is 29.9 Å². The lowest BCUT2D eigenvalue weighted by molar-refractivity contribution is 0.243. The van der Waals surface area contributed by atoms with Crippen molar-refractivity contribution in [3.8, 4) is 11.3 Å². The molecular formula is C18H18N6O. The normalized spacial score (nSPS) is 16.1. The molecular weight excluding hydrogens is 316 g/mol. The van der Waals surface area contributed by atoms with E-state index < -0.39 is 0 Å². The molecule has 1 aromatic carbocycles. The number of fused-ring (bicyclic) bond motifs is 1. The topological polar surface area (TPSA) is 84.7 Å². The third-order valence-corrected chi connectivity index (χ3v) is 4.24. The molecule has 0 saturated heterocycles. The monoisotopic (exact) mass is 334 g/mol. The summed E-state index contributed by atoms with van der Waals surface area (Å²) in [6.45, 7) is 0.640. The molecule has 0 bridgehead atoms. The van der Waals surface area contributed by atoms with Crippen LogP contribution >= 0.6 is 0 Å². The number of carbonyl (C=O) groups is 1. The second-order valence-electron chi connectivity index (χ2n) is 5.96. The number of anilines is 1. The number of carbonyl (C=O) groups excluding carboxylic acids is 1. The van der Waals surface area contributed by atoms with Gasteiger partial charge in [-0.1, -0.05) is 30.3 Å². The molecule has 7 heteroatoms. The number of aromatic nitrogens is 4. The van der Waals surface area contributed by atoms with Crippen molar-refractivity contribution in [2.45, 2.75) is 25.4 Å². The van der Waals surface area contributed by atoms with E-state index in [4.69, 9.17) is 0 Å². The standard InChI is InChI=1S/C18H18N6O/c25-18(22-14-8-9-16-20-12-21-24(16)11-14)23-15-7-4-10-19-17(15)13-5-2-1-3-6-13/h1-7,10,12,14H,8-9,11H2,(H2,22,23,25)/t14-/m0/s1. The van der Waals surface area contributed by atoms with Crippen LogP contribution in [0.15, 0.2) is 55.0 Å². The van der Waals surface area contributed by atoms with Crippen LogP contribution in [0, 0.1) is 0 Å². The molecule has 2 aromatic heterocycles. The molecule has 0 fully saturated rings. The number of hydrogen-bond donors (Lipinski definition) is 2. The molecule has 0 radical (unpaired) electrons. The summed E-state index contributed by atoms with van der Waals surface area (Å²) in [4.78, 5) is 21.0. The van der Waals surface area contributed by atoms with E-state index in [1.807, 2.05) is 47.1 Å². The Kier molecular flexibility index (Phi) is 4.12. The Morgan fingerprint density at radius 1 is 1.12 bits per heavy atom. The van der Waals surface area contributed by atoms with E-state index in [0.29, 0.717) is 12.2 Å². The summed E-state index contributed by atoms with van der Waals surface area (Å²) >= 11 is 0. The van der Waals surface area contributed by atoms with Gasteiger partial charge in [0.2, 0.25) is 0 Å². The van der Waals surface area contributed by atoms with Gasteiger partial charge in [0.15, 0.2) is 0 Å². The number of rotatable bonds is 3. The minimum atomic E-state index is -0.237. The molecule has 2 amide bonds. The van der Waals surface area contributed by atoms with Gasteiger partial charge in [-0.15, -0.1) is 0 Å². The fourth-order valence-electron chi connectivity index (χ4n) is 3.03. The maximum atomic E-state index is 12.4. The van der Waals surface area contributed by atoms with Crippen molar-refractivity contribution in [2.75, 3.05) is 5.32 Å². The first kappa shape index (κ1) is 15.3. The third kappa shape index (κ3) is 3.35. The number of hydrogen-bond acceptors (Lipinski definition) is 4. The summed E-state index contributed by atoms with van der Waals surface area (Å²) in [6.07, 6.45) is 4.94. The van der Waals surface area contributed by atoms with Gasteiger partial charge in [-0.05, 0) is 18.6 Å². The fourth-order valence-corrected chi connectivity index (χ4v) is 3.03. The van der Waals surface area contributed by atoms with E-state index in [2.05, 4.69) is 25.7 Å². The highest BCUT2D eigenvalue weighted by Gasteiger charge is 2.21. The number of nitrogens with one attached hydrogen (secondary N) is 2. The Morgan fingerprint density at radius 3 is 2.88 bits per heavy atom. The minimum absolute atomic E-state index is 0.0334. The number of benzene rings is 1. The maximum absolute atomic E-state index is 12.4. The highest BCUT2D eigenvalue weighted by Crippen LogP contribution is 2.25. The van der Waals surface area contributed by atoms with Gasteiger partial charge in [0.1, 0.15) is 12.2 Å². The van der Waals surface area contributed by atoms with Gasteiger partial charge < -0.3 is 10.6 Å². The van der Waals surface area contributed by atoms with Gasteiger partial charge in [0.25, 0.3) is 0 Å². The van der Waals surface area contributed by atoms with Crippen LogP contribution in [0.1, 0.15) is 12.2 Å². The number of aryl methyl sites for hydroxylation is 1. The molecule has 2 N–H and O–H groups in total. The number of urea groups is 1. The summed E-state index contributed by atoms with van der Waals surface area (Å²) in [5.74, 6) is 0.970. The lowest BCUT2D eigenvalue weighted by Crippen LogP contribution is -2.43. The molecule has 7 nitrogen and oxygen atoms in total. The zero-order valence-electron chi connectivity index (χ0n) is 13.6. The van der Waals surface area contributed by atoms with Crippen LogP contribution in [0.3, 0.4) is 0 Å². The van der Waals surface area contributed by atoms with Crippen LogP contribution in [0.2, 0.25) is 0 Å². The number of nitrogens with zero attached hydrogens (tertiary/aromatic N) is 4. The first-order valence-electron chi connectivity index (χ1n) is 8.24. The minimum Gasteiger partial charge on any atom is -0.333 e. The van der Waals surface area contributed by atoms with Gasteiger partial charge in [0.05, 0.1) is 24.0 Å². The molecule has 0 spiro atoms. The van der Waals surface area contributed by atoms with Crippen molar-refractivity contribution >= 4 is 11.7 Å². The molecule has 126 valence electrons. The predicted molar refractivity (Wildman–Crippen MR) is 94.0 cm³/mol. The van der Waals surface area contributed by atoms with Crippen LogP contribution in [0.25, 0.3) is 11.3 Å². The third-order valence-electron chi connectivity index (χ3n) is 4.24. The van der Waals surface area contributed by atoms with Crippen molar-refractivity contribution in [3.63, 3.8) is 0 Å². The Bertz CT molecular complexity index is 876. The molecule has 1 aliphatic heterocycles. The first-order chi connectivity index (χ1) is 12.3. The average molecular weight is 334 g/mol. The van der Waals surface area contributed by atoms with Gasteiger partial charge in [-0.3, -0.25) is 4.98 Å². The molecule has 1 aliphatic rings. The van der Waals surface area contributed by atoms with Gasteiger partial charge >= 0.3 is 6.03 Å². The SMILES string of the molecule is O=C(Nc1cccnc1-c1ccccc1)N[C@H]1CCc2ncnn2C1. The summed E-state index contributed by atoms with van der Waals surface area (Å²) in [6, 6.07) is 13.3. The van der Waals surface area contributed by atoms with E-state index in [-0.39, 0.29) is 12.1 Å². The Labute approximate surface area is 145 Å². The summed E-state index contributed by atoms with van der Waals surface area (Å²) < 4.78 is 1.84. The highest BCUT2D eigenvalue weighted by molar-refractivity contribution is 5.93. The molecule has 3 aromatic rings. The van der Waals surface area contributed by atoms with Crippen LogP contribution in [0.5, 0.6) is 0 Å². The van der Waals surface area contributed by atoms with Gasteiger partial charge in [0, 0.05) is 18.2 Å². The van der Waals surface area contributed by atoms with Crippen LogP contribution in [-0.2, 0) is 13.0 Å². The van der Waals surface area contributed by atoms with Crippen molar-refractivity contribution in [3.05, 3.63) is 60.8 Å². The predicted octanol–water partition coefficient (Wildman–Crippen LogP) is 2.48. The molecule has 1 atom stereocenters. The van der Waals surface area contributed by atoms with Gasteiger partial charge in [-0.2, -0.15) is 5.10 Å². The Morgan fingerprint density at radius 2 is 2.00 bits per heavy atom. The zero-order valence-corrected chi connectivity index (χ0v) is 13.6. The fraction of sp³-hybridized carbons (Fsp3) is 0.222. The molecule has 25 heavy (non-hydrogen) atoms. The first-order valence-corrected chi connectivity index (χ1v) is 8.24. The van der Waals surface area contributed by atoms with Gasteiger partial charge in [-0.25, -0.2) is 14.5 Å². The zero-order chi connectivity index (χ0) is 17.1. The van der Waals surface area contributed by atoms with Crippen molar-refractivity contribution < 1.29 is 4.79 Å².